The molecule has 6 N–H and O–H groups in total. The van der Waals surface area contributed by atoms with Crippen molar-refractivity contribution in [3.05, 3.63) is 35.4 Å². The summed E-state index contributed by atoms with van der Waals surface area (Å²) in [6.45, 7) is 0.238. The predicted octanol–water partition coefficient (Wildman–Crippen LogP) is -1.00. The third kappa shape index (κ3) is 4.52. The fourth-order valence-electron chi connectivity index (χ4n) is 1.47. The molecule has 1 unspecified atom stereocenters. The topological polar surface area (TPSA) is 118 Å². The van der Waals surface area contributed by atoms with Gasteiger partial charge in [0.1, 0.15) is 0 Å². The molecule has 0 saturated heterocycles. The van der Waals surface area contributed by atoms with Gasteiger partial charge in [0.2, 0.25) is 11.8 Å². The lowest BCUT2D eigenvalue weighted by Gasteiger charge is -2.11. The first-order chi connectivity index (χ1) is 8.52. The van der Waals surface area contributed by atoms with E-state index in [4.69, 9.17) is 16.6 Å². The second-order valence-electron chi connectivity index (χ2n) is 3.97. The van der Waals surface area contributed by atoms with E-state index in [9.17, 15) is 9.59 Å². The first-order valence-electron chi connectivity index (χ1n) is 5.53. The van der Waals surface area contributed by atoms with Gasteiger partial charge in [-0.15, -0.1) is 0 Å². The van der Waals surface area contributed by atoms with Crippen molar-refractivity contribution in [1.82, 2.24) is 5.32 Å². The summed E-state index contributed by atoms with van der Waals surface area (Å²) < 4.78 is 0. The Balaban J connectivity index is 2.49. The van der Waals surface area contributed by atoms with Crippen molar-refractivity contribution in [2.24, 2.45) is 11.5 Å². The molecule has 0 fully saturated rings. The van der Waals surface area contributed by atoms with E-state index in [2.05, 4.69) is 5.32 Å². The van der Waals surface area contributed by atoms with E-state index in [-0.39, 0.29) is 13.0 Å². The predicted molar refractivity (Wildman–Crippen MR) is 66.0 cm³/mol. The highest BCUT2D eigenvalue weighted by Gasteiger charge is 2.15. The summed E-state index contributed by atoms with van der Waals surface area (Å²) in [5.74, 6) is -1.04. The number of rotatable bonds is 6. The molecule has 6 heteroatoms. The Morgan fingerprint density at radius 3 is 2.61 bits per heavy atom. The van der Waals surface area contributed by atoms with Crippen LogP contribution in [-0.4, -0.2) is 23.0 Å². The molecule has 18 heavy (non-hydrogen) atoms. The molecule has 1 rings (SSSR count). The molecule has 0 saturated carbocycles. The third-order valence-electron chi connectivity index (χ3n) is 2.40. The minimum Gasteiger partial charge on any atom is -0.392 e. The Morgan fingerprint density at radius 2 is 2.00 bits per heavy atom. The van der Waals surface area contributed by atoms with Gasteiger partial charge in [-0.2, -0.15) is 0 Å². The largest absolute Gasteiger partial charge is 0.392 e. The zero-order chi connectivity index (χ0) is 13.5. The summed E-state index contributed by atoms with van der Waals surface area (Å²) >= 11 is 0. The van der Waals surface area contributed by atoms with Gasteiger partial charge >= 0.3 is 0 Å². The molecule has 0 aliphatic heterocycles. The lowest BCUT2D eigenvalue weighted by molar-refractivity contribution is -0.126. The zero-order valence-electron chi connectivity index (χ0n) is 9.93. The molecule has 0 bridgehead atoms. The van der Waals surface area contributed by atoms with Crippen LogP contribution in [0, 0.1) is 0 Å². The molecule has 1 aromatic rings. The number of aliphatic hydroxyl groups is 1. The van der Waals surface area contributed by atoms with E-state index in [1.807, 2.05) is 6.07 Å². The quantitative estimate of drug-likeness (QED) is 0.518. The van der Waals surface area contributed by atoms with Crippen molar-refractivity contribution >= 4 is 11.8 Å². The van der Waals surface area contributed by atoms with Crippen LogP contribution in [0.5, 0.6) is 0 Å². The third-order valence-corrected chi connectivity index (χ3v) is 2.40. The van der Waals surface area contributed by atoms with Gasteiger partial charge in [0, 0.05) is 6.54 Å². The van der Waals surface area contributed by atoms with Crippen molar-refractivity contribution in [2.45, 2.75) is 25.6 Å². The van der Waals surface area contributed by atoms with E-state index in [0.717, 1.165) is 11.1 Å². The van der Waals surface area contributed by atoms with Crippen LogP contribution in [0.2, 0.25) is 0 Å². The summed E-state index contributed by atoms with van der Waals surface area (Å²) in [6, 6.07) is 6.24. The summed E-state index contributed by atoms with van der Waals surface area (Å²) in [7, 11) is 0. The molecule has 0 aliphatic rings. The number of primary amides is 1. The Bertz CT molecular complexity index is 434. The van der Waals surface area contributed by atoms with E-state index < -0.39 is 17.9 Å². The number of hydrogen-bond acceptors (Lipinski definition) is 4. The highest BCUT2D eigenvalue weighted by molar-refractivity contribution is 5.87. The zero-order valence-corrected chi connectivity index (χ0v) is 9.93. The van der Waals surface area contributed by atoms with Crippen molar-refractivity contribution in [3.8, 4) is 0 Å². The normalized spacial score (nSPS) is 11.9. The molecule has 2 amide bonds. The second kappa shape index (κ2) is 6.73. The molecule has 98 valence electrons. The summed E-state index contributed by atoms with van der Waals surface area (Å²) in [5.41, 5.74) is 12.1. The van der Waals surface area contributed by atoms with Crippen LogP contribution in [0.4, 0.5) is 0 Å². The standard InChI is InChI=1S/C12H17N3O3/c13-10(5-11(14)17)12(18)15-6-8-2-1-3-9(4-8)7-16/h1-4,10,16H,5-7,13H2,(H2,14,17)(H,15,18). The van der Waals surface area contributed by atoms with Gasteiger partial charge in [0.05, 0.1) is 19.1 Å². The number of carbonyl (C=O) groups is 2. The SMILES string of the molecule is NC(=O)CC(N)C(=O)NCc1cccc(CO)c1. The van der Waals surface area contributed by atoms with Crippen molar-refractivity contribution in [3.63, 3.8) is 0 Å². The van der Waals surface area contributed by atoms with Gasteiger partial charge < -0.3 is 21.9 Å². The molecule has 1 atom stereocenters. The van der Waals surface area contributed by atoms with E-state index in [1.54, 1.807) is 18.2 Å². The smallest absolute Gasteiger partial charge is 0.237 e. The van der Waals surface area contributed by atoms with Gasteiger partial charge in [-0.25, -0.2) is 0 Å². The van der Waals surface area contributed by atoms with E-state index in [1.165, 1.54) is 0 Å². The fraction of sp³-hybridized carbons (Fsp3) is 0.333. The maximum atomic E-state index is 11.5. The first kappa shape index (κ1) is 14.1. The summed E-state index contributed by atoms with van der Waals surface area (Å²) in [4.78, 5) is 22.1. The van der Waals surface area contributed by atoms with Crippen LogP contribution in [0.1, 0.15) is 17.5 Å². The first-order valence-corrected chi connectivity index (χ1v) is 5.53. The van der Waals surface area contributed by atoms with Crippen LogP contribution in [0.15, 0.2) is 24.3 Å². The van der Waals surface area contributed by atoms with Crippen molar-refractivity contribution in [2.75, 3.05) is 0 Å². The van der Waals surface area contributed by atoms with Gasteiger partial charge in [0.25, 0.3) is 0 Å². The Morgan fingerprint density at radius 1 is 1.33 bits per heavy atom. The molecule has 6 nitrogen and oxygen atoms in total. The number of carbonyl (C=O) groups excluding carboxylic acids is 2. The lowest BCUT2D eigenvalue weighted by atomic mass is 10.1. The average Bonchev–Trinajstić information content (AvgIpc) is 2.35. The van der Waals surface area contributed by atoms with Crippen molar-refractivity contribution < 1.29 is 14.7 Å². The molecule has 0 spiro atoms. The van der Waals surface area contributed by atoms with Crippen LogP contribution < -0.4 is 16.8 Å². The summed E-state index contributed by atoms with van der Waals surface area (Å²) in [6.07, 6.45) is -0.178. The highest BCUT2D eigenvalue weighted by Crippen LogP contribution is 2.04. The number of amides is 2. The second-order valence-corrected chi connectivity index (χ2v) is 3.97. The molecule has 0 radical (unpaired) electrons. The number of nitrogens with one attached hydrogen (secondary N) is 1. The highest BCUT2D eigenvalue weighted by atomic mass is 16.3. The van der Waals surface area contributed by atoms with Gasteiger partial charge in [0.15, 0.2) is 0 Å². The number of hydrogen-bond donors (Lipinski definition) is 4. The Labute approximate surface area is 105 Å². The molecule has 0 aliphatic carbocycles. The minimum absolute atomic E-state index is 0.0526. The maximum Gasteiger partial charge on any atom is 0.237 e. The molecular weight excluding hydrogens is 234 g/mol. The fourth-order valence-corrected chi connectivity index (χ4v) is 1.47. The molecule has 0 heterocycles. The van der Waals surface area contributed by atoms with Gasteiger partial charge in [-0.1, -0.05) is 24.3 Å². The Kier molecular flexibility index (Phi) is 5.29. The maximum absolute atomic E-state index is 11.5. The van der Waals surface area contributed by atoms with Gasteiger partial charge in [-0.05, 0) is 11.1 Å². The minimum atomic E-state index is -0.927. The lowest BCUT2D eigenvalue weighted by Crippen LogP contribution is -2.42. The van der Waals surface area contributed by atoms with Crippen molar-refractivity contribution in [1.29, 1.82) is 0 Å². The molecular formula is C12H17N3O3. The average molecular weight is 251 g/mol. The number of benzene rings is 1. The monoisotopic (exact) mass is 251 g/mol. The number of aliphatic hydroxyl groups excluding tert-OH is 1. The van der Waals surface area contributed by atoms with E-state index in [0.29, 0.717) is 6.54 Å². The molecule has 0 aromatic heterocycles. The van der Waals surface area contributed by atoms with Crippen LogP contribution in [0.25, 0.3) is 0 Å². The number of nitrogens with two attached hydrogens (primary N) is 2. The Hall–Kier alpha value is -1.92. The molecule has 1 aromatic carbocycles. The van der Waals surface area contributed by atoms with Gasteiger partial charge in [-0.3, -0.25) is 9.59 Å². The van der Waals surface area contributed by atoms with Crippen LogP contribution in [0.3, 0.4) is 0 Å². The van der Waals surface area contributed by atoms with Crippen LogP contribution >= 0.6 is 0 Å². The summed E-state index contributed by atoms with van der Waals surface area (Å²) in [5, 5.41) is 11.6. The van der Waals surface area contributed by atoms with E-state index >= 15 is 0 Å². The van der Waals surface area contributed by atoms with Crippen LogP contribution in [-0.2, 0) is 22.7 Å².